The van der Waals surface area contributed by atoms with Crippen molar-refractivity contribution in [1.82, 2.24) is 20.0 Å². The molecule has 0 spiro atoms. The standard InChI is InChI=1S/C18H27N5O2/c1-13(2)11-22-7-8-23(12-16(22)6-9-24)17-5-4-15(10-19-17)18-20-14(3)21-25-18/h4-5,10,13,16,24H,6-9,11-12H2,1-3H3. The van der Waals surface area contributed by atoms with Crippen LogP contribution < -0.4 is 4.90 Å². The maximum absolute atomic E-state index is 9.41. The summed E-state index contributed by atoms with van der Waals surface area (Å²) in [4.78, 5) is 13.6. The molecule has 1 N–H and O–H groups in total. The van der Waals surface area contributed by atoms with Crippen LogP contribution in [-0.2, 0) is 0 Å². The van der Waals surface area contributed by atoms with Crippen LogP contribution in [0.2, 0.25) is 0 Å². The zero-order valence-electron chi connectivity index (χ0n) is 15.2. The molecule has 1 aliphatic heterocycles. The minimum absolute atomic E-state index is 0.218. The predicted octanol–water partition coefficient (Wildman–Crippen LogP) is 1.97. The van der Waals surface area contributed by atoms with Gasteiger partial charge in [0.15, 0.2) is 5.82 Å². The quantitative estimate of drug-likeness (QED) is 0.857. The summed E-state index contributed by atoms with van der Waals surface area (Å²) >= 11 is 0. The third-order valence-electron chi connectivity index (χ3n) is 4.51. The molecule has 1 unspecified atom stereocenters. The average molecular weight is 345 g/mol. The Morgan fingerprint density at radius 2 is 2.16 bits per heavy atom. The zero-order chi connectivity index (χ0) is 17.8. The van der Waals surface area contributed by atoms with E-state index in [0.29, 0.717) is 23.7 Å². The predicted molar refractivity (Wildman–Crippen MR) is 96.4 cm³/mol. The molecule has 1 atom stereocenters. The summed E-state index contributed by atoms with van der Waals surface area (Å²) in [6.07, 6.45) is 2.58. The van der Waals surface area contributed by atoms with Crippen LogP contribution in [0.1, 0.15) is 26.1 Å². The first-order valence-corrected chi connectivity index (χ1v) is 8.93. The van der Waals surface area contributed by atoms with E-state index in [1.165, 1.54) is 0 Å². The van der Waals surface area contributed by atoms with Gasteiger partial charge in [0.1, 0.15) is 5.82 Å². The first-order chi connectivity index (χ1) is 12.1. The second kappa shape index (κ2) is 7.93. The van der Waals surface area contributed by atoms with Gasteiger partial charge < -0.3 is 14.5 Å². The summed E-state index contributed by atoms with van der Waals surface area (Å²) in [5, 5.41) is 13.2. The first kappa shape index (κ1) is 17.8. The largest absolute Gasteiger partial charge is 0.396 e. The molecule has 1 saturated heterocycles. The van der Waals surface area contributed by atoms with Gasteiger partial charge in [0.05, 0.1) is 5.56 Å². The van der Waals surface area contributed by atoms with E-state index in [0.717, 1.165) is 44.0 Å². The van der Waals surface area contributed by atoms with Crippen molar-refractivity contribution in [3.05, 3.63) is 24.2 Å². The number of hydrogen-bond donors (Lipinski definition) is 1. The van der Waals surface area contributed by atoms with E-state index in [-0.39, 0.29) is 6.61 Å². The van der Waals surface area contributed by atoms with Crippen molar-refractivity contribution >= 4 is 5.82 Å². The number of aliphatic hydroxyl groups is 1. The average Bonchev–Trinajstić information content (AvgIpc) is 3.03. The number of aryl methyl sites for hydroxylation is 1. The zero-order valence-corrected chi connectivity index (χ0v) is 15.2. The third-order valence-corrected chi connectivity index (χ3v) is 4.51. The van der Waals surface area contributed by atoms with Gasteiger partial charge in [-0.3, -0.25) is 4.90 Å². The molecule has 2 aromatic rings. The number of aromatic nitrogens is 3. The molecule has 25 heavy (non-hydrogen) atoms. The fraction of sp³-hybridized carbons (Fsp3) is 0.611. The number of hydrogen-bond acceptors (Lipinski definition) is 7. The Morgan fingerprint density at radius 3 is 2.76 bits per heavy atom. The monoisotopic (exact) mass is 345 g/mol. The molecule has 0 radical (unpaired) electrons. The fourth-order valence-corrected chi connectivity index (χ4v) is 3.35. The van der Waals surface area contributed by atoms with Crippen LogP contribution >= 0.6 is 0 Å². The topological polar surface area (TPSA) is 78.5 Å². The van der Waals surface area contributed by atoms with Crippen LogP contribution in [0.4, 0.5) is 5.82 Å². The number of pyridine rings is 1. The minimum Gasteiger partial charge on any atom is -0.396 e. The number of rotatable bonds is 6. The number of piperazine rings is 1. The Kier molecular flexibility index (Phi) is 5.65. The van der Waals surface area contributed by atoms with Crippen molar-refractivity contribution in [1.29, 1.82) is 0 Å². The normalized spacial score (nSPS) is 18.9. The van der Waals surface area contributed by atoms with Crippen LogP contribution in [0, 0.1) is 12.8 Å². The van der Waals surface area contributed by atoms with Gasteiger partial charge in [-0.25, -0.2) is 4.98 Å². The summed E-state index contributed by atoms with van der Waals surface area (Å²) < 4.78 is 5.19. The Bertz CT molecular complexity index is 670. The van der Waals surface area contributed by atoms with Gasteiger partial charge in [0.2, 0.25) is 0 Å². The molecule has 0 aromatic carbocycles. The second-order valence-corrected chi connectivity index (χ2v) is 7.05. The van der Waals surface area contributed by atoms with Crippen molar-refractivity contribution in [2.45, 2.75) is 33.2 Å². The van der Waals surface area contributed by atoms with Gasteiger partial charge in [-0.15, -0.1) is 0 Å². The van der Waals surface area contributed by atoms with E-state index < -0.39 is 0 Å². The molecule has 7 nitrogen and oxygen atoms in total. The van der Waals surface area contributed by atoms with Gasteiger partial charge in [0, 0.05) is 45.0 Å². The summed E-state index contributed by atoms with van der Waals surface area (Å²) in [6.45, 7) is 10.4. The Hall–Kier alpha value is -1.99. The van der Waals surface area contributed by atoms with Crippen molar-refractivity contribution in [2.75, 3.05) is 37.7 Å². The Labute approximate surface area is 148 Å². The lowest BCUT2D eigenvalue weighted by atomic mass is 10.1. The lowest BCUT2D eigenvalue weighted by Crippen LogP contribution is -2.54. The molecular weight excluding hydrogens is 318 g/mol. The third kappa shape index (κ3) is 4.35. The molecule has 1 fully saturated rings. The van der Waals surface area contributed by atoms with Gasteiger partial charge >= 0.3 is 0 Å². The number of nitrogens with zero attached hydrogens (tertiary/aromatic N) is 5. The SMILES string of the molecule is Cc1noc(-c2ccc(N3CCN(CC(C)C)C(CCO)C3)nc2)n1. The molecule has 3 rings (SSSR count). The highest BCUT2D eigenvalue weighted by molar-refractivity contribution is 5.54. The molecule has 0 bridgehead atoms. The molecule has 3 heterocycles. The molecule has 136 valence electrons. The maximum Gasteiger partial charge on any atom is 0.259 e. The molecule has 0 saturated carbocycles. The van der Waals surface area contributed by atoms with Crippen LogP contribution in [0.25, 0.3) is 11.5 Å². The lowest BCUT2D eigenvalue weighted by molar-refractivity contribution is 0.128. The van der Waals surface area contributed by atoms with E-state index in [4.69, 9.17) is 4.52 Å². The summed E-state index contributed by atoms with van der Waals surface area (Å²) in [5.74, 6) is 2.69. The first-order valence-electron chi connectivity index (χ1n) is 8.93. The molecule has 1 aliphatic rings. The van der Waals surface area contributed by atoms with Crippen LogP contribution in [-0.4, -0.2) is 64.0 Å². The van der Waals surface area contributed by atoms with E-state index in [2.05, 4.69) is 38.8 Å². The molecule has 7 heteroatoms. The minimum atomic E-state index is 0.218. The van der Waals surface area contributed by atoms with E-state index in [1.807, 2.05) is 12.1 Å². The van der Waals surface area contributed by atoms with Crippen LogP contribution in [0.3, 0.4) is 0 Å². The van der Waals surface area contributed by atoms with Crippen molar-refractivity contribution in [2.24, 2.45) is 5.92 Å². The van der Waals surface area contributed by atoms with Gasteiger partial charge in [-0.1, -0.05) is 19.0 Å². The number of aliphatic hydroxyl groups excluding tert-OH is 1. The highest BCUT2D eigenvalue weighted by Crippen LogP contribution is 2.22. The van der Waals surface area contributed by atoms with Crippen LogP contribution in [0.15, 0.2) is 22.9 Å². The van der Waals surface area contributed by atoms with E-state index in [1.54, 1.807) is 13.1 Å². The summed E-state index contributed by atoms with van der Waals surface area (Å²) in [7, 11) is 0. The van der Waals surface area contributed by atoms with E-state index in [9.17, 15) is 5.11 Å². The summed E-state index contributed by atoms with van der Waals surface area (Å²) in [5.41, 5.74) is 0.828. The Balaban J connectivity index is 1.69. The molecular formula is C18H27N5O2. The highest BCUT2D eigenvalue weighted by atomic mass is 16.5. The van der Waals surface area contributed by atoms with E-state index >= 15 is 0 Å². The van der Waals surface area contributed by atoms with Crippen LogP contribution in [0.5, 0.6) is 0 Å². The molecule has 2 aromatic heterocycles. The molecule has 0 amide bonds. The maximum atomic E-state index is 9.41. The van der Waals surface area contributed by atoms with Crippen molar-refractivity contribution < 1.29 is 9.63 Å². The lowest BCUT2D eigenvalue weighted by Gasteiger charge is -2.42. The summed E-state index contributed by atoms with van der Waals surface area (Å²) in [6, 6.07) is 4.33. The highest BCUT2D eigenvalue weighted by Gasteiger charge is 2.27. The smallest absolute Gasteiger partial charge is 0.259 e. The second-order valence-electron chi connectivity index (χ2n) is 7.05. The Morgan fingerprint density at radius 1 is 1.32 bits per heavy atom. The van der Waals surface area contributed by atoms with Crippen molar-refractivity contribution in [3.8, 4) is 11.5 Å². The fourth-order valence-electron chi connectivity index (χ4n) is 3.35. The van der Waals surface area contributed by atoms with Gasteiger partial charge in [-0.05, 0) is 31.4 Å². The number of anilines is 1. The van der Waals surface area contributed by atoms with Crippen molar-refractivity contribution in [3.63, 3.8) is 0 Å². The van der Waals surface area contributed by atoms with Gasteiger partial charge in [0.25, 0.3) is 5.89 Å². The van der Waals surface area contributed by atoms with Gasteiger partial charge in [-0.2, -0.15) is 4.98 Å². The molecule has 0 aliphatic carbocycles.